The Labute approximate surface area is 107 Å². The molecule has 1 aromatic heterocycles. The van der Waals surface area contributed by atoms with Crippen LogP contribution in [0.1, 0.15) is 24.1 Å². The molecule has 1 atom stereocenters. The normalized spacial score (nSPS) is 19.3. The average molecular weight is 248 g/mol. The van der Waals surface area contributed by atoms with Crippen LogP contribution in [0.2, 0.25) is 0 Å². The number of nitrogens with zero attached hydrogens (tertiary/aromatic N) is 2. The van der Waals surface area contributed by atoms with Crippen molar-refractivity contribution in [3.05, 3.63) is 29.6 Å². The van der Waals surface area contributed by atoms with Crippen LogP contribution in [0.25, 0.3) is 0 Å². The number of nitrogen functional groups attached to an aromatic ring is 1. The monoisotopic (exact) mass is 248 g/mol. The molecule has 1 aliphatic rings. The van der Waals surface area contributed by atoms with E-state index >= 15 is 0 Å². The Bertz CT molecular complexity index is 415. The molecule has 1 aromatic rings. The van der Waals surface area contributed by atoms with Crippen molar-refractivity contribution < 1.29 is 4.74 Å². The van der Waals surface area contributed by atoms with Gasteiger partial charge in [0.15, 0.2) is 0 Å². The van der Waals surface area contributed by atoms with Crippen LogP contribution in [-0.4, -0.2) is 42.0 Å². The summed E-state index contributed by atoms with van der Waals surface area (Å²) in [6, 6.07) is 3.84. The van der Waals surface area contributed by atoms with Crippen molar-refractivity contribution in [3.8, 4) is 0 Å². The summed E-state index contributed by atoms with van der Waals surface area (Å²) in [6.45, 7) is 2.53. The summed E-state index contributed by atoms with van der Waals surface area (Å²) in [6.07, 6.45) is 4.30. The largest absolute Gasteiger partial charge is 0.382 e. The van der Waals surface area contributed by atoms with Crippen LogP contribution in [0.3, 0.4) is 0 Å². The van der Waals surface area contributed by atoms with Crippen molar-refractivity contribution in [1.82, 2.24) is 9.88 Å². The molecule has 2 rings (SSSR count). The molecule has 1 fully saturated rings. The standard InChI is InChI=1S/C13H20N4O/c1-17(9-11-5-3-7-18-11)8-10-4-2-6-16-12(10)13(14)15/h2,4,6,11H,3,5,7-9H2,1H3,(H3,14,15). The van der Waals surface area contributed by atoms with Gasteiger partial charge in [-0.15, -0.1) is 0 Å². The third kappa shape index (κ3) is 3.27. The van der Waals surface area contributed by atoms with Crippen LogP contribution in [0.15, 0.2) is 18.3 Å². The average Bonchev–Trinajstić information content (AvgIpc) is 2.82. The van der Waals surface area contributed by atoms with Crippen LogP contribution in [0.4, 0.5) is 0 Å². The van der Waals surface area contributed by atoms with E-state index in [-0.39, 0.29) is 5.84 Å². The summed E-state index contributed by atoms with van der Waals surface area (Å²) in [5.74, 6) is 0.0242. The van der Waals surface area contributed by atoms with Gasteiger partial charge in [-0.25, -0.2) is 0 Å². The van der Waals surface area contributed by atoms with E-state index in [4.69, 9.17) is 15.9 Å². The first kappa shape index (κ1) is 13.0. The van der Waals surface area contributed by atoms with Gasteiger partial charge >= 0.3 is 0 Å². The van der Waals surface area contributed by atoms with Crippen LogP contribution in [0.5, 0.6) is 0 Å². The van der Waals surface area contributed by atoms with Crippen LogP contribution < -0.4 is 5.73 Å². The van der Waals surface area contributed by atoms with E-state index in [0.29, 0.717) is 11.8 Å². The molecule has 1 unspecified atom stereocenters. The zero-order valence-corrected chi connectivity index (χ0v) is 10.7. The Kier molecular flexibility index (Phi) is 4.28. The minimum atomic E-state index is 0.0242. The zero-order valence-electron chi connectivity index (χ0n) is 10.7. The maximum atomic E-state index is 7.52. The van der Waals surface area contributed by atoms with Gasteiger partial charge in [0, 0.05) is 25.9 Å². The number of aromatic nitrogens is 1. The molecule has 0 amide bonds. The molecule has 2 heterocycles. The lowest BCUT2D eigenvalue weighted by molar-refractivity contribution is 0.0793. The Morgan fingerprint density at radius 2 is 2.50 bits per heavy atom. The number of likely N-dealkylation sites (N-methyl/N-ethyl adjacent to an activating group) is 1. The fraction of sp³-hybridized carbons (Fsp3) is 0.538. The molecule has 0 aromatic carbocycles. The van der Waals surface area contributed by atoms with Crippen molar-refractivity contribution in [2.45, 2.75) is 25.5 Å². The lowest BCUT2D eigenvalue weighted by Crippen LogP contribution is -2.29. The number of nitrogens with two attached hydrogens (primary N) is 1. The summed E-state index contributed by atoms with van der Waals surface area (Å²) in [4.78, 5) is 6.35. The molecule has 5 nitrogen and oxygen atoms in total. The van der Waals surface area contributed by atoms with Gasteiger partial charge in [0.1, 0.15) is 11.5 Å². The van der Waals surface area contributed by atoms with Gasteiger partial charge in [-0.2, -0.15) is 0 Å². The highest BCUT2D eigenvalue weighted by Crippen LogP contribution is 2.14. The SMILES string of the molecule is CN(Cc1cccnc1C(=N)N)CC1CCCO1. The van der Waals surface area contributed by atoms with E-state index in [1.807, 2.05) is 12.1 Å². The highest BCUT2D eigenvalue weighted by molar-refractivity contribution is 5.94. The van der Waals surface area contributed by atoms with Gasteiger partial charge in [0.25, 0.3) is 0 Å². The van der Waals surface area contributed by atoms with E-state index in [0.717, 1.165) is 38.1 Å². The molecule has 0 saturated carbocycles. The predicted molar refractivity (Wildman–Crippen MR) is 70.6 cm³/mol. The Hall–Kier alpha value is -1.46. The highest BCUT2D eigenvalue weighted by Gasteiger charge is 2.18. The van der Waals surface area contributed by atoms with Crippen LogP contribution in [-0.2, 0) is 11.3 Å². The molecule has 3 N–H and O–H groups in total. The topological polar surface area (TPSA) is 75.2 Å². The van der Waals surface area contributed by atoms with Crippen molar-refractivity contribution >= 4 is 5.84 Å². The molecule has 0 bridgehead atoms. The van der Waals surface area contributed by atoms with E-state index in [2.05, 4.69) is 16.9 Å². The summed E-state index contributed by atoms with van der Waals surface area (Å²) in [5.41, 5.74) is 7.10. The van der Waals surface area contributed by atoms with E-state index in [1.54, 1.807) is 6.20 Å². The molecule has 1 aliphatic heterocycles. The zero-order chi connectivity index (χ0) is 13.0. The Balaban J connectivity index is 1.97. The van der Waals surface area contributed by atoms with Crippen molar-refractivity contribution in [2.24, 2.45) is 5.73 Å². The third-order valence-corrected chi connectivity index (χ3v) is 3.13. The minimum Gasteiger partial charge on any atom is -0.382 e. The summed E-state index contributed by atoms with van der Waals surface area (Å²) >= 11 is 0. The first-order chi connectivity index (χ1) is 8.66. The highest BCUT2D eigenvalue weighted by atomic mass is 16.5. The van der Waals surface area contributed by atoms with Crippen molar-refractivity contribution in [3.63, 3.8) is 0 Å². The Morgan fingerprint density at radius 3 is 3.17 bits per heavy atom. The minimum absolute atomic E-state index is 0.0242. The number of nitrogens with one attached hydrogen (secondary N) is 1. The number of pyridine rings is 1. The number of ether oxygens (including phenoxy) is 1. The molecule has 0 radical (unpaired) electrons. The molecule has 18 heavy (non-hydrogen) atoms. The smallest absolute Gasteiger partial charge is 0.142 e. The molecular weight excluding hydrogens is 228 g/mol. The molecule has 5 heteroatoms. The predicted octanol–water partition coefficient (Wildman–Crippen LogP) is 0.976. The summed E-state index contributed by atoms with van der Waals surface area (Å²) in [7, 11) is 2.05. The second kappa shape index (κ2) is 5.93. The number of amidine groups is 1. The molecular formula is C13H20N4O. The van der Waals surface area contributed by atoms with Crippen molar-refractivity contribution in [2.75, 3.05) is 20.2 Å². The maximum absolute atomic E-state index is 7.52. The molecule has 1 saturated heterocycles. The Morgan fingerprint density at radius 1 is 1.67 bits per heavy atom. The quantitative estimate of drug-likeness (QED) is 0.601. The maximum Gasteiger partial charge on any atom is 0.142 e. The number of rotatable bonds is 5. The molecule has 98 valence electrons. The van der Waals surface area contributed by atoms with Gasteiger partial charge in [-0.1, -0.05) is 6.07 Å². The lowest BCUT2D eigenvalue weighted by Gasteiger charge is -2.21. The van der Waals surface area contributed by atoms with E-state index in [9.17, 15) is 0 Å². The van der Waals surface area contributed by atoms with Gasteiger partial charge in [-0.3, -0.25) is 15.3 Å². The first-order valence-electron chi connectivity index (χ1n) is 6.25. The van der Waals surface area contributed by atoms with Crippen LogP contribution >= 0.6 is 0 Å². The van der Waals surface area contributed by atoms with Crippen molar-refractivity contribution in [1.29, 1.82) is 5.41 Å². The summed E-state index contributed by atoms with van der Waals surface area (Å²) in [5, 5.41) is 7.52. The van der Waals surface area contributed by atoms with E-state index in [1.165, 1.54) is 0 Å². The van der Waals surface area contributed by atoms with E-state index < -0.39 is 0 Å². The third-order valence-electron chi connectivity index (χ3n) is 3.13. The summed E-state index contributed by atoms with van der Waals surface area (Å²) < 4.78 is 5.61. The number of hydrogen-bond donors (Lipinski definition) is 2. The van der Waals surface area contributed by atoms with Gasteiger partial charge in [0.05, 0.1) is 6.10 Å². The fourth-order valence-corrected chi connectivity index (χ4v) is 2.30. The fourth-order valence-electron chi connectivity index (χ4n) is 2.30. The van der Waals surface area contributed by atoms with Gasteiger partial charge < -0.3 is 10.5 Å². The molecule has 0 spiro atoms. The second-order valence-electron chi connectivity index (χ2n) is 4.76. The first-order valence-corrected chi connectivity index (χ1v) is 6.25. The second-order valence-corrected chi connectivity index (χ2v) is 4.76. The van der Waals surface area contributed by atoms with Gasteiger partial charge in [-0.05, 0) is 31.5 Å². The lowest BCUT2D eigenvalue weighted by atomic mass is 10.1. The molecule has 0 aliphatic carbocycles. The van der Waals surface area contributed by atoms with Crippen LogP contribution in [0, 0.1) is 5.41 Å². The number of hydrogen-bond acceptors (Lipinski definition) is 4. The van der Waals surface area contributed by atoms with Gasteiger partial charge in [0.2, 0.25) is 0 Å².